The number of carbonyl (C=O) groups is 1. The van der Waals surface area contributed by atoms with Crippen LogP contribution in [0.3, 0.4) is 0 Å². The maximum absolute atomic E-state index is 12.1. The van der Waals surface area contributed by atoms with Crippen molar-refractivity contribution in [2.45, 2.75) is 20.1 Å². The second-order valence-electron chi connectivity index (χ2n) is 3.14. The molecule has 106 valence electrons. The molecule has 0 heterocycles. The van der Waals surface area contributed by atoms with E-state index in [0.717, 1.165) is 18.2 Å². The van der Waals surface area contributed by atoms with E-state index in [1.165, 1.54) is 0 Å². The molecule has 0 unspecified atom stereocenters. The van der Waals surface area contributed by atoms with Gasteiger partial charge in [-0.2, -0.15) is 17.6 Å². The first-order valence-corrected chi connectivity index (χ1v) is 5.14. The lowest BCUT2D eigenvalue weighted by Crippen LogP contribution is -2.10. The molecule has 0 N–H and O–H groups in total. The van der Waals surface area contributed by atoms with Crippen LogP contribution in [0, 0.1) is 0 Å². The van der Waals surface area contributed by atoms with Crippen molar-refractivity contribution in [2.24, 2.45) is 0 Å². The highest BCUT2D eigenvalue weighted by Crippen LogP contribution is 2.31. The van der Waals surface area contributed by atoms with Crippen LogP contribution in [0.15, 0.2) is 18.2 Å². The molecule has 0 bridgehead atoms. The number of benzene rings is 1. The minimum atomic E-state index is -3.24. The van der Waals surface area contributed by atoms with Crippen LogP contribution in [0.5, 0.6) is 11.5 Å². The Labute approximate surface area is 105 Å². The molecule has 8 heteroatoms. The summed E-state index contributed by atoms with van der Waals surface area (Å²) in [4.78, 5) is 11.4. The number of halogens is 4. The third-order valence-corrected chi connectivity index (χ3v) is 1.89. The summed E-state index contributed by atoms with van der Waals surface area (Å²) in [5.74, 6) is -2.05. The average Bonchev–Trinajstić information content (AvgIpc) is 2.30. The van der Waals surface area contributed by atoms with Gasteiger partial charge in [-0.3, -0.25) is 0 Å². The first kappa shape index (κ1) is 15.1. The smallest absolute Gasteiger partial charge is 0.387 e. The second kappa shape index (κ2) is 6.81. The Balaban J connectivity index is 3.03. The molecular weight excluding hydrogens is 272 g/mol. The largest absolute Gasteiger partial charge is 0.462 e. The van der Waals surface area contributed by atoms with E-state index in [9.17, 15) is 22.4 Å². The zero-order valence-corrected chi connectivity index (χ0v) is 9.74. The number of ether oxygens (including phenoxy) is 3. The van der Waals surface area contributed by atoms with Gasteiger partial charge in [-0.1, -0.05) is 0 Å². The van der Waals surface area contributed by atoms with Crippen molar-refractivity contribution in [1.29, 1.82) is 0 Å². The van der Waals surface area contributed by atoms with E-state index in [1.807, 2.05) is 0 Å². The number of hydrogen-bond donors (Lipinski definition) is 0. The predicted octanol–water partition coefficient (Wildman–Crippen LogP) is 3.07. The Morgan fingerprint density at radius 2 is 1.68 bits per heavy atom. The number of rotatable bonds is 6. The Bertz CT molecular complexity index is 437. The van der Waals surface area contributed by atoms with Gasteiger partial charge in [-0.15, -0.1) is 0 Å². The highest BCUT2D eigenvalue weighted by atomic mass is 19.3. The lowest BCUT2D eigenvalue weighted by atomic mass is 10.2. The quantitative estimate of drug-likeness (QED) is 0.594. The van der Waals surface area contributed by atoms with Gasteiger partial charge in [0, 0.05) is 0 Å². The molecule has 0 fully saturated rings. The fraction of sp³-hybridized carbons (Fsp3) is 0.364. The van der Waals surface area contributed by atoms with E-state index in [0.29, 0.717) is 0 Å². The zero-order valence-electron chi connectivity index (χ0n) is 9.74. The van der Waals surface area contributed by atoms with Crippen molar-refractivity contribution in [3.8, 4) is 11.5 Å². The zero-order chi connectivity index (χ0) is 14.4. The van der Waals surface area contributed by atoms with Crippen LogP contribution >= 0.6 is 0 Å². The topological polar surface area (TPSA) is 44.8 Å². The van der Waals surface area contributed by atoms with Crippen LogP contribution in [-0.4, -0.2) is 25.8 Å². The Hall–Kier alpha value is -1.99. The van der Waals surface area contributed by atoms with Gasteiger partial charge < -0.3 is 14.2 Å². The Morgan fingerprint density at radius 3 is 2.21 bits per heavy atom. The minimum absolute atomic E-state index is 0.0825. The van der Waals surface area contributed by atoms with Crippen molar-refractivity contribution in [3.05, 3.63) is 23.8 Å². The fourth-order valence-corrected chi connectivity index (χ4v) is 1.23. The summed E-state index contributed by atoms with van der Waals surface area (Å²) < 4.78 is 61.0. The number of carbonyl (C=O) groups excluding carboxylic acids is 1. The van der Waals surface area contributed by atoms with Gasteiger partial charge in [0.05, 0.1) is 12.2 Å². The van der Waals surface area contributed by atoms with Gasteiger partial charge in [0.1, 0.15) is 0 Å². The minimum Gasteiger partial charge on any atom is -0.462 e. The molecule has 0 aliphatic heterocycles. The van der Waals surface area contributed by atoms with Crippen LogP contribution in [0.25, 0.3) is 0 Å². The molecule has 1 aromatic rings. The standard InChI is InChI=1S/C11H10F4O4/c1-2-17-9(16)6-3-4-7(18-10(12)13)8(5-6)19-11(14)15/h3-5,10-11H,2H2,1H3. The monoisotopic (exact) mass is 282 g/mol. The fourth-order valence-electron chi connectivity index (χ4n) is 1.23. The third-order valence-electron chi connectivity index (χ3n) is 1.89. The summed E-state index contributed by atoms with van der Waals surface area (Å²) in [5, 5.41) is 0. The van der Waals surface area contributed by atoms with Crippen LogP contribution < -0.4 is 9.47 Å². The lowest BCUT2D eigenvalue weighted by Gasteiger charge is -2.12. The number of esters is 1. The van der Waals surface area contributed by atoms with Gasteiger partial charge in [0.2, 0.25) is 0 Å². The molecule has 0 saturated carbocycles. The van der Waals surface area contributed by atoms with Crippen molar-refractivity contribution < 1.29 is 36.6 Å². The average molecular weight is 282 g/mol. The summed E-state index contributed by atoms with van der Waals surface area (Å²) in [6, 6.07) is 2.88. The van der Waals surface area contributed by atoms with Gasteiger partial charge in [0.25, 0.3) is 0 Å². The molecule has 19 heavy (non-hydrogen) atoms. The normalized spacial score (nSPS) is 10.7. The molecule has 1 rings (SSSR count). The molecule has 0 radical (unpaired) electrons. The van der Waals surface area contributed by atoms with Crippen LogP contribution in [0.2, 0.25) is 0 Å². The predicted molar refractivity (Wildman–Crippen MR) is 55.7 cm³/mol. The van der Waals surface area contributed by atoms with E-state index in [4.69, 9.17) is 0 Å². The van der Waals surface area contributed by atoms with E-state index in [1.54, 1.807) is 6.92 Å². The molecule has 0 aliphatic rings. The summed E-state index contributed by atoms with van der Waals surface area (Å²) in [7, 11) is 0. The van der Waals surface area contributed by atoms with Crippen molar-refractivity contribution in [2.75, 3.05) is 6.61 Å². The highest BCUT2D eigenvalue weighted by Gasteiger charge is 2.17. The molecule has 1 aromatic carbocycles. The maximum atomic E-state index is 12.1. The summed E-state index contributed by atoms with van der Waals surface area (Å²) in [6.45, 7) is -4.80. The number of alkyl halides is 4. The van der Waals surface area contributed by atoms with E-state index >= 15 is 0 Å². The van der Waals surface area contributed by atoms with Gasteiger partial charge in [-0.05, 0) is 25.1 Å². The van der Waals surface area contributed by atoms with Crippen molar-refractivity contribution >= 4 is 5.97 Å². The lowest BCUT2D eigenvalue weighted by molar-refractivity contribution is -0.0692. The molecule has 0 aliphatic carbocycles. The molecule has 0 atom stereocenters. The maximum Gasteiger partial charge on any atom is 0.387 e. The SMILES string of the molecule is CCOC(=O)c1ccc(OC(F)F)c(OC(F)F)c1. The third kappa shape index (κ3) is 4.65. The van der Waals surface area contributed by atoms with Crippen LogP contribution in [-0.2, 0) is 4.74 Å². The Morgan fingerprint density at radius 1 is 1.11 bits per heavy atom. The molecule has 0 amide bonds. The molecule has 0 aromatic heterocycles. The second-order valence-corrected chi connectivity index (χ2v) is 3.14. The highest BCUT2D eigenvalue weighted by molar-refractivity contribution is 5.90. The molecular formula is C11H10F4O4. The van der Waals surface area contributed by atoms with E-state index in [-0.39, 0.29) is 12.2 Å². The van der Waals surface area contributed by atoms with Crippen molar-refractivity contribution in [1.82, 2.24) is 0 Å². The summed E-state index contributed by atoms with van der Waals surface area (Å²) in [5.41, 5.74) is -0.112. The molecule has 0 saturated heterocycles. The van der Waals surface area contributed by atoms with E-state index < -0.39 is 30.7 Å². The first-order chi connectivity index (χ1) is 8.93. The molecule has 4 nitrogen and oxygen atoms in total. The van der Waals surface area contributed by atoms with Crippen LogP contribution in [0.4, 0.5) is 17.6 Å². The number of hydrogen-bond acceptors (Lipinski definition) is 4. The van der Waals surface area contributed by atoms with Crippen molar-refractivity contribution in [3.63, 3.8) is 0 Å². The van der Waals surface area contributed by atoms with Gasteiger partial charge >= 0.3 is 19.2 Å². The summed E-state index contributed by atoms with van der Waals surface area (Å²) >= 11 is 0. The Kier molecular flexibility index (Phi) is 5.40. The first-order valence-electron chi connectivity index (χ1n) is 5.14. The van der Waals surface area contributed by atoms with Gasteiger partial charge in [-0.25, -0.2) is 4.79 Å². The van der Waals surface area contributed by atoms with Gasteiger partial charge in [0.15, 0.2) is 11.5 Å². The summed E-state index contributed by atoms with van der Waals surface area (Å²) in [6.07, 6.45) is 0. The molecule has 0 spiro atoms. The van der Waals surface area contributed by atoms with Crippen LogP contribution in [0.1, 0.15) is 17.3 Å². The van der Waals surface area contributed by atoms with E-state index in [2.05, 4.69) is 14.2 Å².